The summed E-state index contributed by atoms with van der Waals surface area (Å²) in [6.07, 6.45) is 0.0998. The van der Waals surface area contributed by atoms with Crippen molar-refractivity contribution in [3.63, 3.8) is 0 Å². The molecule has 1 aliphatic rings. The Hall–Kier alpha value is -1.84. The van der Waals surface area contributed by atoms with Gasteiger partial charge in [0.2, 0.25) is 0 Å². The third-order valence-electron chi connectivity index (χ3n) is 3.04. The van der Waals surface area contributed by atoms with Gasteiger partial charge in [0.15, 0.2) is 5.78 Å². The second-order valence-electron chi connectivity index (χ2n) is 5.81. The lowest BCUT2D eigenvalue weighted by molar-refractivity contribution is -0.118. The molecule has 1 aromatic rings. The van der Waals surface area contributed by atoms with Crippen molar-refractivity contribution in [3.8, 4) is 0 Å². The average molecular weight is 261 g/mol. The molecule has 0 aromatic heterocycles. The Balaban J connectivity index is 2.34. The lowest BCUT2D eigenvalue weighted by Crippen LogP contribution is -2.44. The van der Waals surface area contributed by atoms with Crippen molar-refractivity contribution in [2.24, 2.45) is 0 Å². The summed E-state index contributed by atoms with van der Waals surface area (Å²) in [5.74, 6) is -0.0259. The van der Waals surface area contributed by atoms with Gasteiger partial charge < -0.3 is 4.74 Å². The lowest BCUT2D eigenvalue weighted by Gasteiger charge is -2.28. The fourth-order valence-electron chi connectivity index (χ4n) is 2.25. The van der Waals surface area contributed by atoms with Crippen molar-refractivity contribution in [1.29, 1.82) is 0 Å². The van der Waals surface area contributed by atoms with Crippen LogP contribution in [-0.2, 0) is 16.0 Å². The molecule has 19 heavy (non-hydrogen) atoms. The van der Waals surface area contributed by atoms with Crippen molar-refractivity contribution in [1.82, 2.24) is 0 Å². The van der Waals surface area contributed by atoms with Crippen molar-refractivity contribution in [2.45, 2.75) is 45.8 Å². The first-order valence-corrected chi connectivity index (χ1v) is 6.40. The normalized spacial score (nSPS) is 18.1. The van der Waals surface area contributed by atoms with Crippen LogP contribution < -0.4 is 4.90 Å². The summed E-state index contributed by atoms with van der Waals surface area (Å²) in [6, 6.07) is 7.11. The van der Waals surface area contributed by atoms with E-state index >= 15 is 0 Å². The Morgan fingerprint density at radius 2 is 1.89 bits per heavy atom. The van der Waals surface area contributed by atoms with Crippen LogP contribution in [0.25, 0.3) is 0 Å². The minimum Gasteiger partial charge on any atom is -0.443 e. The maximum atomic E-state index is 12.3. The van der Waals surface area contributed by atoms with E-state index in [1.807, 2.05) is 45.0 Å². The summed E-state index contributed by atoms with van der Waals surface area (Å²) in [5, 5.41) is 0. The number of carbonyl (C=O) groups is 2. The first kappa shape index (κ1) is 13.6. The van der Waals surface area contributed by atoms with E-state index < -0.39 is 17.7 Å². The molecule has 0 fully saturated rings. The largest absolute Gasteiger partial charge is 0.443 e. The highest BCUT2D eigenvalue weighted by Gasteiger charge is 2.38. The van der Waals surface area contributed by atoms with Crippen LogP contribution in [0.3, 0.4) is 0 Å². The third-order valence-corrected chi connectivity index (χ3v) is 3.04. The van der Waals surface area contributed by atoms with Gasteiger partial charge in [-0.1, -0.05) is 18.2 Å². The van der Waals surface area contributed by atoms with Crippen LogP contribution in [0.1, 0.15) is 33.3 Å². The van der Waals surface area contributed by atoms with Gasteiger partial charge in [-0.15, -0.1) is 0 Å². The van der Waals surface area contributed by atoms with Gasteiger partial charge in [-0.2, -0.15) is 0 Å². The number of Topliss-reactive ketones (excluding diaryl/α,β-unsaturated/α-hetero) is 1. The van der Waals surface area contributed by atoms with Crippen LogP contribution in [0.4, 0.5) is 10.5 Å². The van der Waals surface area contributed by atoms with Crippen LogP contribution in [0, 0.1) is 0 Å². The van der Waals surface area contributed by atoms with Gasteiger partial charge in [0, 0.05) is 6.42 Å². The number of nitrogens with zero attached hydrogens (tertiary/aromatic N) is 1. The number of anilines is 1. The Morgan fingerprint density at radius 1 is 1.26 bits per heavy atom. The summed E-state index contributed by atoms with van der Waals surface area (Å²) in [4.78, 5) is 25.5. The van der Waals surface area contributed by atoms with E-state index in [1.54, 1.807) is 0 Å². The van der Waals surface area contributed by atoms with Crippen LogP contribution in [0.15, 0.2) is 24.3 Å². The highest BCUT2D eigenvalue weighted by Crippen LogP contribution is 2.33. The second-order valence-corrected chi connectivity index (χ2v) is 5.81. The van der Waals surface area contributed by atoms with Crippen molar-refractivity contribution < 1.29 is 14.3 Å². The van der Waals surface area contributed by atoms with E-state index in [0.717, 1.165) is 11.3 Å². The third kappa shape index (κ3) is 2.78. The summed E-state index contributed by atoms with van der Waals surface area (Å²) >= 11 is 0. The quantitative estimate of drug-likeness (QED) is 0.780. The van der Waals surface area contributed by atoms with Crippen LogP contribution in [0.2, 0.25) is 0 Å². The van der Waals surface area contributed by atoms with E-state index in [4.69, 9.17) is 4.74 Å². The Morgan fingerprint density at radius 3 is 2.47 bits per heavy atom. The average Bonchev–Trinajstić information content (AvgIpc) is 2.65. The summed E-state index contributed by atoms with van der Waals surface area (Å²) in [7, 11) is 0. The Kier molecular flexibility index (Phi) is 3.35. The molecular weight excluding hydrogens is 242 g/mol. The highest BCUT2D eigenvalue weighted by molar-refractivity contribution is 6.00. The van der Waals surface area contributed by atoms with Crippen molar-refractivity contribution in [3.05, 3.63) is 29.8 Å². The number of fused-ring (bicyclic) bond motifs is 1. The summed E-state index contributed by atoms with van der Waals surface area (Å²) in [5.41, 5.74) is 1.21. The van der Waals surface area contributed by atoms with E-state index in [0.29, 0.717) is 6.42 Å². The molecule has 1 amide bonds. The minimum absolute atomic E-state index is 0.0259. The predicted octanol–water partition coefficient (Wildman–Crippen LogP) is 2.94. The monoisotopic (exact) mass is 261 g/mol. The Bertz CT molecular complexity index is 516. The second kappa shape index (κ2) is 4.68. The molecule has 4 nitrogen and oxygen atoms in total. The van der Waals surface area contributed by atoms with E-state index in [1.165, 1.54) is 11.8 Å². The zero-order valence-electron chi connectivity index (χ0n) is 11.8. The number of hydrogen-bond acceptors (Lipinski definition) is 3. The molecule has 4 heteroatoms. The molecule has 0 unspecified atom stereocenters. The SMILES string of the molecule is CC(=O)[C@@H]1Cc2ccccc2N1C(=O)OC(C)(C)C. The molecule has 1 aliphatic heterocycles. The maximum Gasteiger partial charge on any atom is 0.415 e. The van der Waals surface area contributed by atoms with Crippen LogP contribution in [-0.4, -0.2) is 23.5 Å². The smallest absolute Gasteiger partial charge is 0.415 e. The van der Waals surface area contributed by atoms with Crippen LogP contribution in [0.5, 0.6) is 0 Å². The number of benzene rings is 1. The van der Waals surface area contributed by atoms with Gasteiger partial charge in [0.1, 0.15) is 11.6 Å². The molecule has 0 N–H and O–H groups in total. The number of hydrogen-bond donors (Lipinski definition) is 0. The van der Waals surface area contributed by atoms with Gasteiger partial charge in [0.05, 0.1) is 5.69 Å². The number of amides is 1. The van der Waals surface area contributed by atoms with Gasteiger partial charge in [0.25, 0.3) is 0 Å². The van der Waals surface area contributed by atoms with Gasteiger partial charge in [-0.05, 0) is 39.3 Å². The fourth-order valence-corrected chi connectivity index (χ4v) is 2.25. The summed E-state index contributed by atoms with van der Waals surface area (Å²) in [6.45, 7) is 6.95. The number of para-hydroxylation sites is 1. The molecule has 0 saturated heterocycles. The lowest BCUT2D eigenvalue weighted by atomic mass is 10.1. The first-order valence-electron chi connectivity index (χ1n) is 6.40. The van der Waals surface area contributed by atoms with E-state index in [-0.39, 0.29) is 5.78 Å². The van der Waals surface area contributed by atoms with Crippen LogP contribution >= 0.6 is 0 Å². The Labute approximate surface area is 113 Å². The molecule has 0 bridgehead atoms. The molecular formula is C15H19NO3. The number of ketones is 1. The highest BCUT2D eigenvalue weighted by atomic mass is 16.6. The molecule has 1 aromatic carbocycles. The number of rotatable bonds is 1. The van der Waals surface area contributed by atoms with Gasteiger partial charge in [-0.3, -0.25) is 9.69 Å². The molecule has 1 heterocycles. The molecule has 0 radical (unpaired) electrons. The fraction of sp³-hybridized carbons (Fsp3) is 0.467. The van der Waals surface area contributed by atoms with Gasteiger partial charge in [-0.25, -0.2) is 4.79 Å². The zero-order valence-corrected chi connectivity index (χ0v) is 11.8. The topological polar surface area (TPSA) is 46.6 Å². The molecule has 0 saturated carbocycles. The molecule has 0 spiro atoms. The molecule has 1 atom stereocenters. The zero-order chi connectivity index (χ0) is 14.2. The van der Waals surface area contributed by atoms with Gasteiger partial charge >= 0.3 is 6.09 Å². The maximum absolute atomic E-state index is 12.3. The van der Waals surface area contributed by atoms with E-state index in [9.17, 15) is 9.59 Å². The van der Waals surface area contributed by atoms with E-state index in [2.05, 4.69) is 0 Å². The summed E-state index contributed by atoms with van der Waals surface area (Å²) < 4.78 is 5.39. The molecule has 2 rings (SSSR count). The first-order chi connectivity index (χ1) is 8.79. The predicted molar refractivity (Wildman–Crippen MR) is 73.3 cm³/mol. The standard InChI is InChI=1S/C15H19NO3/c1-10(17)13-9-11-7-5-6-8-12(11)16(13)14(18)19-15(2,3)4/h5-8,13H,9H2,1-4H3/t13-/m0/s1. The number of carbonyl (C=O) groups excluding carboxylic acids is 2. The molecule has 0 aliphatic carbocycles. The minimum atomic E-state index is -0.573. The van der Waals surface area contributed by atoms with Crippen molar-refractivity contribution in [2.75, 3.05) is 4.90 Å². The number of ether oxygens (including phenoxy) is 1. The van der Waals surface area contributed by atoms with Crippen molar-refractivity contribution >= 4 is 17.6 Å². The molecule has 102 valence electrons.